The summed E-state index contributed by atoms with van der Waals surface area (Å²) in [5, 5.41) is 2.43. The maximum atomic E-state index is 6.43. The van der Waals surface area contributed by atoms with Gasteiger partial charge in [0, 0.05) is 4.47 Å². The molecule has 0 amide bonds. The Kier molecular flexibility index (Phi) is 3.95. The molecular formula is C18H16BrNO. The third-order valence-electron chi connectivity index (χ3n) is 3.68. The van der Waals surface area contributed by atoms with Gasteiger partial charge in [-0.3, -0.25) is 0 Å². The lowest BCUT2D eigenvalue weighted by atomic mass is 9.97. The molecule has 0 saturated carbocycles. The minimum atomic E-state index is -0.171. The van der Waals surface area contributed by atoms with Crippen molar-refractivity contribution in [2.75, 3.05) is 7.11 Å². The van der Waals surface area contributed by atoms with Crippen LogP contribution in [0.3, 0.4) is 0 Å². The zero-order valence-electron chi connectivity index (χ0n) is 11.7. The number of hydrogen-bond donors (Lipinski definition) is 1. The monoisotopic (exact) mass is 341 g/mol. The Balaban J connectivity index is 2.01. The fourth-order valence-corrected chi connectivity index (χ4v) is 3.07. The van der Waals surface area contributed by atoms with Crippen molar-refractivity contribution in [2.45, 2.75) is 6.04 Å². The standard InChI is InChI=1S/C18H16BrNO/c1-21-15-8-9-16(17(19)11-15)18(20)14-7-6-12-4-2-3-5-13(12)10-14/h2-11,18H,20H2,1H3. The fraction of sp³-hybridized carbons (Fsp3) is 0.111. The van der Waals surface area contributed by atoms with Crippen molar-refractivity contribution >= 4 is 26.7 Å². The lowest BCUT2D eigenvalue weighted by molar-refractivity contribution is 0.414. The summed E-state index contributed by atoms with van der Waals surface area (Å²) in [5.41, 5.74) is 8.57. The molecule has 2 nitrogen and oxygen atoms in total. The molecule has 0 aliphatic rings. The summed E-state index contributed by atoms with van der Waals surface area (Å²) < 4.78 is 6.18. The first-order valence-electron chi connectivity index (χ1n) is 6.77. The van der Waals surface area contributed by atoms with Crippen LogP contribution in [0.25, 0.3) is 10.8 Å². The van der Waals surface area contributed by atoms with Crippen molar-refractivity contribution in [1.82, 2.24) is 0 Å². The number of hydrogen-bond acceptors (Lipinski definition) is 2. The zero-order chi connectivity index (χ0) is 14.8. The molecule has 0 aromatic heterocycles. The number of nitrogens with two attached hydrogens (primary N) is 1. The molecule has 106 valence electrons. The number of methoxy groups -OCH3 is 1. The Morgan fingerprint density at radius 3 is 2.43 bits per heavy atom. The first-order valence-corrected chi connectivity index (χ1v) is 7.56. The lowest BCUT2D eigenvalue weighted by Crippen LogP contribution is -2.12. The predicted molar refractivity (Wildman–Crippen MR) is 90.7 cm³/mol. The molecule has 0 bridgehead atoms. The second kappa shape index (κ2) is 5.88. The highest BCUT2D eigenvalue weighted by molar-refractivity contribution is 9.10. The van der Waals surface area contributed by atoms with Gasteiger partial charge in [0.05, 0.1) is 13.2 Å². The molecule has 2 N–H and O–H groups in total. The summed E-state index contributed by atoms with van der Waals surface area (Å²) in [4.78, 5) is 0. The Bertz CT molecular complexity index is 785. The summed E-state index contributed by atoms with van der Waals surface area (Å²) in [7, 11) is 1.66. The van der Waals surface area contributed by atoms with Crippen LogP contribution in [0.5, 0.6) is 5.75 Å². The molecule has 21 heavy (non-hydrogen) atoms. The number of fused-ring (bicyclic) bond motifs is 1. The number of halogens is 1. The summed E-state index contributed by atoms with van der Waals surface area (Å²) in [6.07, 6.45) is 0. The van der Waals surface area contributed by atoms with E-state index in [1.54, 1.807) is 7.11 Å². The molecule has 0 aliphatic heterocycles. The van der Waals surface area contributed by atoms with Gasteiger partial charge in [-0.15, -0.1) is 0 Å². The van der Waals surface area contributed by atoms with Crippen LogP contribution < -0.4 is 10.5 Å². The van der Waals surface area contributed by atoms with Crippen LogP contribution in [0.4, 0.5) is 0 Å². The van der Waals surface area contributed by atoms with Crippen LogP contribution >= 0.6 is 15.9 Å². The first-order chi connectivity index (χ1) is 10.2. The van der Waals surface area contributed by atoms with Gasteiger partial charge in [0.25, 0.3) is 0 Å². The summed E-state index contributed by atoms with van der Waals surface area (Å²) in [6, 6.07) is 20.4. The second-order valence-corrected chi connectivity index (χ2v) is 5.83. The van der Waals surface area contributed by atoms with Crippen LogP contribution in [-0.2, 0) is 0 Å². The van der Waals surface area contributed by atoms with E-state index in [1.165, 1.54) is 10.8 Å². The predicted octanol–water partition coefficient (Wildman–Crippen LogP) is 4.66. The molecule has 0 saturated heterocycles. The average Bonchev–Trinajstić information content (AvgIpc) is 2.53. The number of benzene rings is 3. The SMILES string of the molecule is COc1ccc(C(N)c2ccc3ccccc3c2)c(Br)c1. The Hall–Kier alpha value is -1.84. The van der Waals surface area contributed by atoms with E-state index in [4.69, 9.17) is 10.5 Å². The van der Waals surface area contributed by atoms with E-state index in [9.17, 15) is 0 Å². The van der Waals surface area contributed by atoms with Gasteiger partial charge in [0.2, 0.25) is 0 Å². The van der Waals surface area contributed by atoms with Crippen molar-refractivity contribution in [3.05, 3.63) is 76.3 Å². The number of ether oxygens (including phenoxy) is 1. The molecular weight excluding hydrogens is 326 g/mol. The van der Waals surface area contributed by atoms with Gasteiger partial charge in [-0.2, -0.15) is 0 Å². The van der Waals surface area contributed by atoms with Gasteiger partial charge in [0.1, 0.15) is 5.75 Å². The fourth-order valence-electron chi connectivity index (χ4n) is 2.47. The van der Waals surface area contributed by atoms with Gasteiger partial charge in [-0.25, -0.2) is 0 Å². The third kappa shape index (κ3) is 2.80. The largest absolute Gasteiger partial charge is 0.497 e. The molecule has 3 aromatic carbocycles. The molecule has 1 atom stereocenters. The highest BCUT2D eigenvalue weighted by atomic mass is 79.9. The van der Waals surface area contributed by atoms with E-state index in [0.717, 1.165) is 21.3 Å². The highest BCUT2D eigenvalue weighted by Crippen LogP contribution is 2.31. The van der Waals surface area contributed by atoms with Crippen LogP contribution in [0.2, 0.25) is 0 Å². The molecule has 0 aliphatic carbocycles. The van der Waals surface area contributed by atoms with E-state index in [-0.39, 0.29) is 6.04 Å². The summed E-state index contributed by atoms with van der Waals surface area (Å²) in [5.74, 6) is 0.816. The molecule has 0 fully saturated rings. The van der Waals surface area contributed by atoms with Crippen molar-refractivity contribution in [2.24, 2.45) is 5.73 Å². The van der Waals surface area contributed by atoms with Gasteiger partial charge < -0.3 is 10.5 Å². The van der Waals surface area contributed by atoms with Crippen LogP contribution in [-0.4, -0.2) is 7.11 Å². The number of rotatable bonds is 3. The summed E-state index contributed by atoms with van der Waals surface area (Å²) >= 11 is 3.58. The molecule has 3 heteroatoms. The minimum absolute atomic E-state index is 0.171. The summed E-state index contributed by atoms with van der Waals surface area (Å²) in [6.45, 7) is 0. The van der Waals surface area contributed by atoms with E-state index < -0.39 is 0 Å². The molecule has 3 rings (SSSR count). The van der Waals surface area contributed by atoms with E-state index in [2.05, 4.69) is 46.3 Å². The van der Waals surface area contributed by atoms with Gasteiger partial charge in [-0.1, -0.05) is 58.4 Å². The van der Waals surface area contributed by atoms with Crippen LogP contribution in [0.1, 0.15) is 17.2 Å². The minimum Gasteiger partial charge on any atom is -0.497 e. The highest BCUT2D eigenvalue weighted by Gasteiger charge is 2.13. The molecule has 0 spiro atoms. The maximum absolute atomic E-state index is 6.43. The van der Waals surface area contributed by atoms with Crippen LogP contribution in [0.15, 0.2) is 65.1 Å². The van der Waals surface area contributed by atoms with Crippen molar-refractivity contribution in [3.63, 3.8) is 0 Å². The second-order valence-electron chi connectivity index (χ2n) is 4.97. The van der Waals surface area contributed by atoms with Crippen LogP contribution in [0, 0.1) is 0 Å². The lowest BCUT2D eigenvalue weighted by Gasteiger charge is -2.16. The van der Waals surface area contributed by atoms with Crippen molar-refractivity contribution < 1.29 is 4.74 Å². The molecule has 3 aromatic rings. The van der Waals surface area contributed by atoms with Crippen molar-refractivity contribution in [1.29, 1.82) is 0 Å². The zero-order valence-corrected chi connectivity index (χ0v) is 13.3. The van der Waals surface area contributed by atoms with Gasteiger partial charge in [0.15, 0.2) is 0 Å². The van der Waals surface area contributed by atoms with E-state index in [0.29, 0.717) is 0 Å². The maximum Gasteiger partial charge on any atom is 0.120 e. The Labute approximate surface area is 132 Å². The average molecular weight is 342 g/mol. The van der Waals surface area contributed by atoms with Gasteiger partial charge in [-0.05, 0) is 40.1 Å². The third-order valence-corrected chi connectivity index (χ3v) is 4.36. The molecule has 1 unspecified atom stereocenters. The topological polar surface area (TPSA) is 35.2 Å². The van der Waals surface area contributed by atoms with E-state index in [1.807, 2.05) is 30.3 Å². The first kappa shape index (κ1) is 14.1. The Morgan fingerprint density at radius 1 is 0.952 bits per heavy atom. The van der Waals surface area contributed by atoms with E-state index >= 15 is 0 Å². The smallest absolute Gasteiger partial charge is 0.120 e. The van der Waals surface area contributed by atoms with Gasteiger partial charge >= 0.3 is 0 Å². The quantitative estimate of drug-likeness (QED) is 0.751. The normalized spacial score (nSPS) is 12.3. The van der Waals surface area contributed by atoms with Crippen molar-refractivity contribution in [3.8, 4) is 5.75 Å². The molecule has 0 heterocycles. The molecule has 0 radical (unpaired) electrons. The Morgan fingerprint density at radius 2 is 1.71 bits per heavy atom.